The molecule has 4 rings (SSSR count). The number of aliphatic hydroxyl groups excluding tert-OH is 5. The molecule has 0 spiro atoms. The Labute approximate surface area is 219 Å². The van der Waals surface area contributed by atoms with Crippen LogP contribution in [0.2, 0.25) is 0 Å². The lowest BCUT2D eigenvalue weighted by atomic mass is 9.82. The van der Waals surface area contributed by atoms with Crippen LogP contribution in [0, 0.1) is 11.8 Å². The van der Waals surface area contributed by atoms with Gasteiger partial charge >= 0.3 is 0 Å². The molecule has 0 aromatic heterocycles. The van der Waals surface area contributed by atoms with Gasteiger partial charge in [0.05, 0.1) is 39.6 Å². The molecule has 0 saturated carbocycles. The van der Waals surface area contributed by atoms with E-state index < -0.39 is 61.4 Å². The van der Waals surface area contributed by atoms with Crippen molar-refractivity contribution in [3.05, 3.63) is 47.5 Å². The molecule has 2 aromatic carbocycles. The fraction of sp³-hybridized carbons (Fsp3) is 0.538. The van der Waals surface area contributed by atoms with Crippen molar-refractivity contribution in [2.45, 2.75) is 42.9 Å². The van der Waals surface area contributed by atoms with Gasteiger partial charge in [-0.25, -0.2) is 0 Å². The van der Waals surface area contributed by atoms with E-state index in [2.05, 4.69) is 0 Å². The molecule has 2 saturated heterocycles. The van der Waals surface area contributed by atoms with Crippen LogP contribution in [0.5, 0.6) is 23.0 Å². The van der Waals surface area contributed by atoms with Crippen LogP contribution in [0.1, 0.15) is 23.3 Å². The Balaban J connectivity index is 1.68. The summed E-state index contributed by atoms with van der Waals surface area (Å²) < 4.78 is 28.0. The monoisotopic (exact) mass is 538 g/mol. The number of ether oxygens (including phenoxy) is 5. The molecule has 7 N–H and O–H groups in total. The van der Waals surface area contributed by atoms with Crippen molar-refractivity contribution >= 4 is 0 Å². The third-order valence-corrected chi connectivity index (χ3v) is 7.20. The van der Waals surface area contributed by atoms with Gasteiger partial charge in [0.25, 0.3) is 0 Å². The third-order valence-electron chi connectivity index (χ3n) is 7.20. The average Bonchev–Trinajstić information content (AvgIpc) is 3.35. The molecule has 2 heterocycles. The molecule has 0 aliphatic carbocycles. The molecule has 0 radical (unpaired) electrons. The first-order chi connectivity index (χ1) is 18.2. The summed E-state index contributed by atoms with van der Waals surface area (Å²) in [7, 11) is 2.83. The first-order valence-corrected chi connectivity index (χ1v) is 12.2. The van der Waals surface area contributed by atoms with Gasteiger partial charge in [-0.1, -0.05) is 12.1 Å². The smallest absolute Gasteiger partial charge is 0.187 e. The van der Waals surface area contributed by atoms with Gasteiger partial charge in [0.1, 0.15) is 24.4 Å². The van der Waals surface area contributed by atoms with Crippen LogP contribution < -0.4 is 9.47 Å². The Morgan fingerprint density at radius 1 is 0.868 bits per heavy atom. The standard InChI is InChI=1S/C26H34O12/c1-34-18-5-3-12(7-16(18)29)24-14(9-27)15(11-36-24)25(13-4-6-19(35-2)17(30)8-13)38-26-23(33)22(32)21(31)20(10-28)37-26/h3-8,14-15,20-33H,9-11H2,1-2H3. The molecule has 2 aromatic rings. The lowest BCUT2D eigenvalue weighted by molar-refractivity contribution is -0.317. The van der Waals surface area contributed by atoms with Gasteiger partial charge in [-0.15, -0.1) is 0 Å². The highest BCUT2D eigenvalue weighted by Gasteiger charge is 2.48. The van der Waals surface area contributed by atoms with Gasteiger partial charge in [0, 0.05) is 18.4 Å². The lowest BCUT2D eigenvalue weighted by Crippen LogP contribution is -2.59. The second kappa shape index (κ2) is 12.0. The molecule has 0 bridgehead atoms. The van der Waals surface area contributed by atoms with E-state index in [1.54, 1.807) is 18.2 Å². The SMILES string of the molecule is COc1ccc(C2OCC(C(OC3OC(CO)C(O)C(O)C3O)c3ccc(OC)c(O)c3)C2CO)cc1O. The van der Waals surface area contributed by atoms with E-state index in [4.69, 9.17) is 23.7 Å². The van der Waals surface area contributed by atoms with E-state index in [0.717, 1.165) is 0 Å². The Morgan fingerprint density at radius 3 is 2.11 bits per heavy atom. The number of hydrogen-bond acceptors (Lipinski definition) is 12. The van der Waals surface area contributed by atoms with E-state index >= 15 is 0 Å². The van der Waals surface area contributed by atoms with Gasteiger partial charge in [0.15, 0.2) is 29.3 Å². The van der Waals surface area contributed by atoms with Crippen LogP contribution in [0.25, 0.3) is 0 Å². The number of aliphatic hydroxyl groups is 5. The largest absolute Gasteiger partial charge is 0.504 e. The highest BCUT2D eigenvalue weighted by molar-refractivity contribution is 5.44. The number of rotatable bonds is 9. The molecule has 9 unspecified atom stereocenters. The zero-order valence-corrected chi connectivity index (χ0v) is 21.0. The van der Waals surface area contributed by atoms with Crippen LogP contribution in [0.15, 0.2) is 36.4 Å². The van der Waals surface area contributed by atoms with Crippen LogP contribution in [0.4, 0.5) is 0 Å². The Kier molecular flexibility index (Phi) is 8.96. The normalized spacial score (nSPS) is 32.2. The lowest BCUT2D eigenvalue weighted by Gasteiger charge is -2.42. The molecule has 12 heteroatoms. The summed E-state index contributed by atoms with van der Waals surface area (Å²) in [5.41, 5.74) is 1.03. The van der Waals surface area contributed by atoms with E-state index in [0.29, 0.717) is 11.1 Å². The number of phenols is 2. The predicted octanol–water partition coefficient (Wildman–Crippen LogP) is -0.0312. The molecule has 9 atom stereocenters. The topological polar surface area (TPSA) is 188 Å². The van der Waals surface area contributed by atoms with Gasteiger partial charge in [-0.3, -0.25) is 0 Å². The van der Waals surface area contributed by atoms with Crippen LogP contribution in [-0.2, 0) is 14.2 Å². The van der Waals surface area contributed by atoms with Crippen LogP contribution in [0.3, 0.4) is 0 Å². The molecule has 0 amide bonds. The number of methoxy groups -OCH3 is 2. The minimum absolute atomic E-state index is 0.0809. The predicted molar refractivity (Wildman–Crippen MR) is 130 cm³/mol. The quantitative estimate of drug-likeness (QED) is 0.226. The molecule has 12 nitrogen and oxygen atoms in total. The van der Waals surface area contributed by atoms with Crippen molar-refractivity contribution < 1.29 is 59.4 Å². The van der Waals surface area contributed by atoms with Crippen LogP contribution in [-0.4, -0.2) is 100 Å². The minimum Gasteiger partial charge on any atom is -0.504 e. The molecule has 38 heavy (non-hydrogen) atoms. The fourth-order valence-electron chi connectivity index (χ4n) is 5.09. The van der Waals surface area contributed by atoms with Crippen molar-refractivity contribution in [1.82, 2.24) is 0 Å². The molecule has 2 aliphatic heterocycles. The minimum atomic E-state index is -1.66. The average molecular weight is 539 g/mol. The second-order valence-corrected chi connectivity index (χ2v) is 9.38. The number of aromatic hydroxyl groups is 2. The third kappa shape index (κ3) is 5.40. The molecule has 2 fully saturated rings. The number of benzene rings is 2. The first kappa shape index (κ1) is 28.3. The van der Waals surface area contributed by atoms with Crippen molar-refractivity contribution in [3.63, 3.8) is 0 Å². The maximum atomic E-state index is 10.6. The summed E-state index contributed by atoms with van der Waals surface area (Å²) in [5, 5.41) is 71.7. The summed E-state index contributed by atoms with van der Waals surface area (Å²) in [6.07, 6.45) is -9.14. The van der Waals surface area contributed by atoms with Crippen molar-refractivity contribution in [1.29, 1.82) is 0 Å². The van der Waals surface area contributed by atoms with Crippen molar-refractivity contribution in [3.8, 4) is 23.0 Å². The van der Waals surface area contributed by atoms with Crippen molar-refractivity contribution in [2.24, 2.45) is 11.8 Å². The van der Waals surface area contributed by atoms with E-state index in [-0.39, 0.29) is 36.2 Å². The van der Waals surface area contributed by atoms with Gasteiger partial charge < -0.3 is 59.4 Å². The van der Waals surface area contributed by atoms with E-state index in [1.807, 2.05) is 0 Å². The van der Waals surface area contributed by atoms with Crippen LogP contribution >= 0.6 is 0 Å². The highest BCUT2D eigenvalue weighted by atomic mass is 16.7. The van der Waals surface area contributed by atoms with Gasteiger partial charge in [-0.05, 0) is 35.4 Å². The summed E-state index contributed by atoms with van der Waals surface area (Å²) in [6, 6.07) is 9.35. The maximum absolute atomic E-state index is 10.6. The van der Waals surface area contributed by atoms with Gasteiger partial charge in [0.2, 0.25) is 0 Å². The second-order valence-electron chi connectivity index (χ2n) is 9.38. The number of hydrogen-bond donors (Lipinski definition) is 7. The number of phenolic OH excluding ortho intramolecular Hbond substituents is 2. The zero-order valence-electron chi connectivity index (χ0n) is 21.0. The van der Waals surface area contributed by atoms with E-state index in [9.17, 15) is 35.7 Å². The Morgan fingerprint density at radius 2 is 1.53 bits per heavy atom. The highest BCUT2D eigenvalue weighted by Crippen LogP contribution is 2.48. The molecule has 210 valence electrons. The summed E-state index contributed by atoms with van der Waals surface area (Å²) in [6.45, 7) is -0.885. The summed E-state index contributed by atoms with van der Waals surface area (Å²) in [4.78, 5) is 0. The molecular formula is C26H34O12. The van der Waals surface area contributed by atoms with Crippen molar-refractivity contribution in [2.75, 3.05) is 34.0 Å². The molecule has 2 aliphatic rings. The van der Waals surface area contributed by atoms with E-state index in [1.165, 1.54) is 32.4 Å². The maximum Gasteiger partial charge on any atom is 0.187 e. The molecular weight excluding hydrogens is 504 g/mol. The fourth-order valence-corrected chi connectivity index (χ4v) is 5.09. The Bertz CT molecular complexity index is 1080. The van der Waals surface area contributed by atoms with Gasteiger partial charge in [-0.2, -0.15) is 0 Å². The summed E-state index contributed by atoms with van der Waals surface area (Å²) in [5.74, 6) is -0.905. The summed E-state index contributed by atoms with van der Waals surface area (Å²) >= 11 is 0. The zero-order chi connectivity index (χ0) is 27.6. The Hall–Kier alpha value is -2.68. The first-order valence-electron chi connectivity index (χ1n) is 12.2.